The van der Waals surface area contributed by atoms with E-state index in [9.17, 15) is 4.79 Å². The number of thiazole rings is 1. The van der Waals surface area contributed by atoms with Crippen molar-refractivity contribution < 1.29 is 19.5 Å². The SMILES string of the molecule is Cc1ccc(-c2cncs2)cc1.O=C(O)NCCc1cnoc1.OC1CCNC1. The van der Waals surface area contributed by atoms with Gasteiger partial charge in [0.1, 0.15) is 6.26 Å². The highest BCUT2D eigenvalue weighted by Crippen LogP contribution is 2.22. The third-order valence-corrected chi connectivity index (χ3v) is 4.80. The summed E-state index contributed by atoms with van der Waals surface area (Å²) in [7, 11) is 0. The summed E-state index contributed by atoms with van der Waals surface area (Å²) in [6.45, 7) is 4.26. The van der Waals surface area contributed by atoms with Gasteiger partial charge in [0.25, 0.3) is 0 Å². The zero-order valence-electron chi connectivity index (χ0n) is 16.2. The Labute approximate surface area is 173 Å². The Balaban J connectivity index is 0.000000164. The van der Waals surface area contributed by atoms with Crippen LogP contribution >= 0.6 is 11.3 Å². The van der Waals surface area contributed by atoms with Crippen LogP contribution in [0.5, 0.6) is 0 Å². The third kappa shape index (κ3) is 9.33. The van der Waals surface area contributed by atoms with Crippen molar-refractivity contribution in [3.63, 3.8) is 0 Å². The van der Waals surface area contributed by atoms with E-state index in [1.54, 1.807) is 17.5 Å². The average molecular weight is 419 g/mol. The smallest absolute Gasteiger partial charge is 0.404 e. The molecule has 0 bridgehead atoms. The predicted molar refractivity (Wildman–Crippen MR) is 112 cm³/mol. The molecule has 0 spiro atoms. The summed E-state index contributed by atoms with van der Waals surface area (Å²) in [6, 6.07) is 8.50. The first-order chi connectivity index (χ1) is 14.0. The second-order valence-corrected chi connectivity index (χ2v) is 7.28. The maximum absolute atomic E-state index is 9.98. The van der Waals surface area contributed by atoms with Crippen LogP contribution in [0.2, 0.25) is 0 Å². The minimum Gasteiger partial charge on any atom is -0.465 e. The molecule has 1 fully saturated rings. The van der Waals surface area contributed by atoms with Crippen LogP contribution in [-0.2, 0) is 6.42 Å². The number of amides is 1. The Morgan fingerprint density at radius 3 is 2.62 bits per heavy atom. The molecule has 1 aromatic carbocycles. The normalized spacial score (nSPS) is 14.9. The van der Waals surface area contributed by atoms with Gasteiger partial charge in [-0.25, -0.2) is 4.79 Å². The summed E-state index contributed by atoms with van der Waals surface area (Å²) in [5, 5.41) is 25.6. The summed E-state index contributed by atoms with van der Waals surface area (Å²) < 4.78 is 4.55. The largest absolute Gasteiger partial charge is 0.465 e. The van der Waals surface area contributed by atoms with Gasteiger partial charge in [-0.3, -0.25) is 4.98 Å². The molecule has 1 unspecified atom stereocenters. The van der Waals surface area contributed by atoms with E-state index >= 15 is 0 Å². The molecule has 3 aromatic rings. The van der Waals surface area contributed by atoms with Gasteiger partial charge in [-0.1, -0.05) is 35.0 Å². The molecule has 0 saturated carbocycles. The highest BCUT2D eigenvalue weighted by molar-refractivity contribution is 7.13. The molecule has 1 saturated heterocycles. The first kappa shape index (κ1) is 22.5. The van der Waals surface area contributed by atoms with E-state index in [1.807, 2.05) is 11.7 Å². The van der Waals surface area contributed by atoms with Crippen molar-refractivity contribution in [3.05, 3.63) is 59.6 Å². The van der Waals surface area contributed by atoms with E-state index in [-0.39, 0.29) is 6.10 Å². The van der Waals surface area contributed by atoms with Gasteiger partial charge in [0.2, 0.25) is 0 Å². The lowest BCUT2D eigenvalue weighted by atomic mass is 10.1. The topological polar surface area (TPSA) is 121 Å². The summed E-state index contributed by atoms with van der Waals surface area (Å²) in [5.41, 5.74) is 5.29. The van der Waals surface area contributed by atoms with E-state index in [1.165, 1.54) is 22.3 Å². The van der Waals surface area contributed by atoms with Gasteiger partial charge in [0, 0.05) is 24.8 Å². The lowest BCUT2D eigenvalue weighted by Crippen LogP contribution is -2.23. The molecule has 2 aromatic heterocycles. The van der Waals surface area contributed by atoms with E-state index in [4.69, 9.17) is 10.2 Å². The second kappa shape index (κ2) is 12.7. The number of nitrogens with one attached hydrogen (secondary N) is 2. The molecule has 1 aliphatic heterocycles. The highest BCUT2D eigenvalue weighted by atomic mass is 32.1. The van der Waals surface area contributed by atoms with Crippen molar-refractivity contribution in [2.45, 2.75) is 25.9 Å². The number of nitrogens with zero attached hydrogens (tertiary/aromatic N) is 2. The van der Waals surface area contributed by atoms with Gasteiger partial charge in [-0.05, 0) is 31.9 Å². The molecule has 156 valence electrons. The van der Waals surface area contributed by atoms with Crippen molar-refractivity contribution in [1.82, 2.24) is 20.8 Å². The van der Waals surface area contributed by atoms with E-state index < -0.39 is 6.09 Å². The van der Waals surface area contributed by atoms with Crippen molar-refractivity contribution in [2.75, 3.05) is 19.6 Å². The predicted octanol–water partition coefficient (Wildman–Crippen LogP) is 2.94. The fraction of sp³-hybridized carbons (Fsp3) is 0.350. The summed E-state index contributed by atoms with van der Waals surface area (Å²) in [4.78, 5) is 15.2. The summed E-state index contributed by atoms with van der Waals surface area (Å²) in [5.74, 6) is 0. The number of aliphatic hydroxyl groups excluding tert-OH is 1. The van der Waals surface area contributed by atoms with Crippen LogP contribution in [0.25, 0.3) is 10.4 Å². The van der Waals surface area contributed by atoms with Crippen LogP contribution in [0.3, 0.4) is 0 Å². The van der Waals surface area contributed by atoms with Crippen molar-refractivity contribution >= 4 is 17.4 Å². The number of aliphatic hydroxyl groups is 1. The van der Waals surface area contributed by atoms with Crippen molar-refractivity contribution in [2.24, 2.45) is 0 Å². The van der Waals surface area contributed by atoms with Crippen molar-refractivity contribution in [1.29, 1.82) is 0 Å². The van der Waals surface area contributed by atoms with E-state index in [0.717, 1.165) is 25.1 Å². The number of carboxylic acid groups (broad SMARTS) is 1. The van der Waals surface area contributed by atoms with Gasteiger partial charge in [-0.15, -0.1) is 11.3 Å². The van der Waals surface area contributed by atoms with Crippen molar-refractivity contribution in [3.8, 4) is 10.4 Å². The number of carbonyl (C=O) groups is 1. The first-order valence-electron chi connectivity index (χ1n) is 9.24. The molecule has 8 nitrogen and oxygen atoms in total. The number of rotatable bonds is 4. The molecule has 3 heterocycles. The lowest BCUT2D eigenvalue weighted by Gasteiger charge is -1.95. The maximum atomic E-state index is 9.98. The molecule has 4 rings (SSSR count). The highest BCUT2D eigenvalue weighted by Gasteiger charge is 2.08. The first-order valence-corrected chi connectivity index (χ1v) is 10.1. The van der Waals surface area contributed by atoms with Gasteiger partial charge >= 0.3 is 6.09 Å². The number of aromatic nitrogens is 2. The Bertz CT molecular complexity index is 802. The van der Waals surface area contributed by atoms with Gasteiger partial charge in [-0.2, -0.15) is 0 Å². The molecule has 4 N–H and O–H groups in total. The number of hydrogen-bond acceptors (Lipinski definition) is 7. The van der Waals surface area contributed by atoms with Gasteiger partial charge in [0.15, 0.2) is 0 Å². The minimum atomic E-state index is -1.01. The Hall–Kier alpha value is -2.75. The minimum absolute atomic E-state index is 0.0648. The molecule has 29 heavy (non-hydrogen) atoms. The van der Waals surface area contributed by atoms with Crippen LogP contribution in [-0.4, -0.2) is 52.2 Å². The molecule has 0 aliphatic carbocycles. The van der Waals surface area contributed by atoms with Crippen LogP contribution in [0, 0.1) is 6.92 Å². The Morgan fingerprint density at radius 2 is 2.14 bits per heavy atom. The fourth-order valence-corrected chi connectivity index (χ4v) is 3.01. The van der Waals surface area contributed by atoms with Crippen LogP contribution in [0.15, 0.2) is 53.0 Å². The maximum Gasteiger partial charge on any atom is 0.404 e. The molecule has 9 heteroatoms. The number of β-amino-alcohol motifs (C(OH)–C–C–N with tert-alkyl or cyclic N) is 1. The van der Waals surface area contributed by atoms with Crippen LogP contribution < -0.4 is 10.6 Å². The zero-order chi connectivity index (χ0) is 20.9. The van der Waals surface area contributed by atoms with E-state index in [0.29, 0.717) is 13.0 Å². The monoisotopic (exact) mass is 418 g/mol. The third-order valence-electron chi connectivity index (χ3n) is 3.98. The molecule has 1 amide bonds. The van der Waals surface area contributed by atoms with E-state index in [2.05, 4.69) is 56.5 Å². The average Bonchev–Trinajstić information content (AvgIpc) is 3.47. The molecule has 0 radical (unpaired) electrons. The fourth-order valence-electron chi connectivity index (χ4n) is 2.38. The number of hydrogen-bond donors (Lipinski definition) is 4. The van der Waals surface area contributed by atoms with Gasteiger partial charge < -0.3 is 25.4 Å². The number of aryl methyl sites for hydroxylation is 1. The zero-order valence-corrected chi connectivity index (χ0v) is 17.1. The number of benzene rings is 1. The molecule has 1 aliphatic rings. The van der Waals surface area contributed by atoms with Crippen LogP contribution in [0.4, 0.5) is 4.79 Å². The summed E-state index contributed by atoms with van der Waals surface area (Å²) in [6.07, 6.45) is 5.41. The van der Waals surface area contributed by atoms with Crippen LogP contribution in [0.1, 0.15) is 17.5 Å². The molecular formula is C20H26N4O4S. The molecular weight excluding hydrogens is 392 g/mol. The Morgan fingerprint density at radius 1 is 1.34 bits per heavy atom. The second-order valence-electron chi connectivity index (χ2n) is 6.39. The van der Waals surface area contributed by atoms with Gasteiger partial charge in [0.05, 0.1) is 22.7 Å². The lowest BCUT2D eigenvalue weighted by molar-refractivity contribution is 0.194. The summed E-state index contributed by atoms with van der Waals surface area (Å²) >= 11 is 1.67. The Kier molecular flexibility index (Phi) is 9.84. The molecule has 1 atom stereocenters. The standard InChI is InChI=1S/C10H9NS.C6H8N2O3.C4H9NO/c1-8-2-4-9(5-3-8)10-6-11-7-12-10;9-6(10)7-2-1-5-3-8-11-4-5;6-4-1-2-5-3-4/h2-7H,1H3;3-4,7H,1-2H2,(H,9,10);4-6H,1-3H2. The quantitative estimate of drug-likeness (QED) is 0.514.